The van der Waals surface area contributed by atoms with Crippen molar-refractivity contribution in [3.05, 3.63) is 38.8 Å². The summed E-state index contributed by atoms with van der Waals surface area (Å²) in [5, 5.41) is 1.83. The van der Waals surface area contributed by atoms with E-state index in [-0.39, 0.29) is 4.87 Å². The van der Waals surface area contributed by atoms with Gasteiger partial charge in [-0.3, -0.25) is 4.79 Å². The zero-order valence-corrected chi connectivity index (χ0v) is 10.1. The molecule has 0 aliphatic rings. The summed E-state index contributed by atoms with van der Waals surface area (Å²) >= 11 is 1.18. The molecule has 0 fully saturated rings. The van der Waals surface area contributed by atoms with Gasteiger partial charge in [-0.25, -0.2) is 0 Å². The number of benzene rings is 1. The first-order valence-corrected chi connectivity index (χ1v) is 6.00. The summed E-state index contributed by atoms with van der Waals surface area (Å²) in [6.45, 7) is 4.62. The molecule has 2 rings (SSSR count). The van der Waals surface area contributed by atoms with Gasteiger partial charge in [0.15, 0.2) is 0 Å². The van der Waals surface area contributed by atoms with Crippen LogP contribution in [0.15, 0.2) is 28.4 Å². The minimum atomic E-state index is -0.0264. The molecule has 84 valence electrons. The first-order chi connectivity index (χ1) is 7.70. The Morgan fingerprint density at radius 1 is 1.44 bits per heavy atom. The van der Waals surface area contributed by atoms with E-state index >= 15 is 0 Å². The Morgan fingerprint density at radius 2 is 2.25 bits per heavy atom. The van der Waals surface area contributed by atoms with Crippen molar-refractivity contribution in [2.24, 2.45) is 0 Å². The molecular weight excluding hydrogens is 222 g/mol. The minimum Gasteiger partial charge on any atom is -0.494 e. The Hall–Kier alpha value is -1.55. The summed E-state index contributed by atoms with van der Waals surface area (Å²) < 4.78 is 5.46. The monoisotopic (exact) mass is 235 g/mol. The van der Waals surface area contributed by atoms with Crippen LogP contribution in [0.1, 0.15) is 12.5 Å². The van der Waals surface area contributed by atoms with Crippen molar-refractivity contribution in [3.8, 4) is 17.0 Å². The largest absolute Gasteiger partial charge is 0.494 e. The van der Waals surface area contributed by atoms with Crippen molar-refractivity contribution in [1.82, 2.24) is 4.98 Å². The van der Waals surface area contributed by atoms with Gasteiger partial charge >= 0.3 is 4.87 Å². The van der Waals surface area contributed by atoms with Gasteiger partial charge in [0.2, 0.25) is 0 Å². The maximum atomic E-state index is 11.1. The lowest BCUT2D eigenvalue weighted by Gasteiger charge is -2.07. The third-order valence-electron chi connectivity index (χ3n) is 2.31. The molecule has 0 amide bonds. The summed E-state index contributed by atoms with van der Waals surface area (Å²) in [7, 11) is 0. The number of aromatic nitrogens is 1. The molecule has 3 nitrogen and oxygen atoms in total. The molecule has 2 aromatic rings. The minimum absolute atomic E-state index is 0.0264. The van der Waals surface area contributed by atoms with Crippen molar-refractivity contribution in [1.29, 1.82) is 0 Å². The molecule has 0 aliphatic carbocycles. The maximum absolute atomic E-state index is 11.1. The van der Waals surface area contributed by atoms with E-state index in [1.807, 2.05) is 37.4 Å². The summed E-state index contributed by atoms with van der Waals surface area (Å²) in [6, 6.07) is 5.91. The van der Waals surface area contributed by atoms with Gasteiger partial charge in [-0.15, -0.1) is 0 Å². The Balaban J connectivity index is 2.37. The summed E-state index contributed by atoms with van der Waals surface area (Å²) in [5.41, 5.74) is 2.95. The lowest BCUT2D eigenvalue weighted by molar-refractivity contribution is 0.338. The molecule has 0 bridgehead atoms. The predicted molar refractivity (Wildman–Crippen MR) is 66.3 cm³/mol. The van der Waals surface area contributed by atoms with Gasteiger partial charge < -0.3 is 9.72 Å². The van der Waals surface area contributed by atoms with E-state index in [4.69, 9.17) is 4.74 Å². The van der Waals surface area contributed by atoms with Gasteiger partial charge in [-0.05, 0) is 43.2 Å². The van der Waals surface area contributed by atoms with Crippen LogP contribution < -0.4 is 9.61 Å². The van der Waals surface area contributed by atoms with E-state index in [1.165, 1.54) is 11.3 Å². The van der Waals surface area contributed by atoms with E-state index in [9.17, 15) is 4.79 Å². The quantitative estimate of drug-likeness (QED) is 0.888. The van der Waals surface area contributed by atoms with Crippen LogP contribution in [0.25, 0.3) is 11.3 Å². The molecule has 4 heteroatoms. The van der Waals surface area contributed by atoms with Gasteiger partial charge in [0, 0.05) is 5.38 Å². The molecule has 0 unspecified atom stereocenters. The summed E-state index contributed by atoms with van der Waals surface area (Å²) in [5.74, 6) is 0.892. The molecule has 0 spiro atoms. The summed E-state index contributed by atoms with van der Waals surface area (Å²) in [4.78, 5) is 13.8. The van der Waals surface area contributed by atoms with Crippen molar-refractivity contribution >= 4 is 11.3 Å². The number of H-pyrrole nitrogens is 1. The summed E-state index contributed by atoms with van der Waals surface area (Å²) in [6.07, 6.45) is 0. The van der Waals surface area contributed by atoms with Crippen LogP contribution in [-0.4, -0.2) is 11.6 Å². The third kappa shape index (κ3) is 2.17. The number of aryl methyl sites for hydroxylation is 1. The highest BCUT2D eigenvalue weighted by atomic mass is 32.1. The van der Waals surface area contributed by atoms with Crippen LogP contribution in [0.5, 0.6) is 5.75 Å². The first kappa shape index (κ1) is 11.0. The highest BCUT2D eigenvalue weighted by Gasteiger charge is 2.04. The molecule has 0 saturated carbocycles. The van der Waals surface area contributed by atoms with Gasteiger partial charge in [0.1, 0.15) is 5.75 Å². The second kappa shape index (κ2) is 4.53. The van der Waals surface area contributed by atoms with Crippen LogP contribution in [0.3, 0.4) is 0 Å². The number of rotatable bonds is 3. The number of ether oxygens (including phenoxy) is 1. The Labute approximate surface area is 97.7 Å². The van der Waals surface area contributed by atoms with Crippen molar-refractivity contribution in [2.45, 2.75) is 13.8 Å². The third-order valence-corrected chi connectivity index (χ3v) is 2.98. The predicted octanol–water partition coefficient (Wildman–Crippen LogP) is 2.81. The van der Waals surface area contributed by atoms with Gasteiger partial charge in [-0.2, -0.15) is 0 Å². The zero-order valence-electron chi connectivity index (χ0n) is 9.24. The van der Waals surface area contributed by atoms with Gasteiger partial charge in [0.25, 0.3) is 0 Å². The molecule has 1 N–H and O–H groups in total. The Kier molecular flexibility index (Phi) is 3.10. The number of thiazole rings is 1. The fourth-order valence-electron chi connectivity index (χ4n) is 1.56. The number of aromatic amines is 1. The molecule has 0 atom stereocenters. The van der Waals surface area contributed by atoms with Gasteiger partial charge in [0.05, 0.1) is 12.3 Å². The highest BCUT2D eigenvalue weighted by molar-refractivity contribution is 7.07. The van der Waals surface area contributed by atoms with Crippen LogP contribution >= 0.6 is 11.3 Å². The smallest absolute Gasteiger partial charge is 0.304 e. The lowest BCUT2D eigenvalue weighted by atomic mass is 10.1. The second-order valence-corrected chi connectivity index (χ2v) is 4.32. The molecule has 0 radical (unpaired) electrons. The average molecular weight is 235 g/mol. The normalized spacial score (nSPS) is 10.4. The maximum Gasteiger partial charge on any atom is 0.304 e. The Bertz CT molecular complexity index is 542. The SMILES string of the molecule is CCOc1ccc(-c2csc(=O)[nH]2)cc1C. The molecule has 1 heterocycles. The first-order valence-electron chi connectivity index (χ1n) is 5.12. The van der Waals surface area contributed by atoms with E-state index in [0.29, 0.717) is 6.61 Å². The molecule has 0 saturated heterocycles. The van der Waals surface area contributed by atoms with Crippen LogP contribution in [0.4, 0.5) is 0 Å². The van der Waals surface area contributed by atoms with E-state index in [2.05, 4.69) is 4.98 Å². The van der Waals surface area contributed by atoms with Gasteiger partial charge in [-0.1, -0.05) is 11.3 Å². The molecular formula is C12H13NO2S. The second-order valence-electron chi connectivity index (χ2n) is 3.48. The van der Waals surface area contributed by atoms with Crippen molar-refractivity contribution < 1.29 is 4.74 Å². The van der Waals surface area contributed by atoms with E-state index in [0.717, 1.165) is 22.6 Å². The lowest BCUT2D eigenvalue weighted by Crippen LogP contribution is -1.95. The fraction of sp³-hybridized carbons (Fsp3) is 0.250. The zero-order chi connectivity index (χ0) is 11.5. The fourth-order valence-corrected chi connectivity index (χ4v) is 2.14. The van der Waals surface area contributed by atoms with Crippen LogP contribution in [0, 0.1) is 6.92 Å². The van der Waals surface area contributed by atoms with Crippen LogP contribution in [-0.2, 0) is 0 Å². The number of hydrogen-bond donors (Lipinski definition) is 1. The number of hydrogen-bond acceptors (Lipinski definition) is 3. The molecule has 16 heavy (non-hydrogen) atoms. The topological polar surface area (TPSA) is 42.1 Å². The van der Waals surface area contributed by atoms with Crippen molar-refractivity contribution in [2.75, 3.05) is 6.61 Å². The number of nitrogens with one attached hydrogen (secondary N) is 1. The molecule has 1 aromatic heterocycles. The molecule has 0 aliphatic heterocycles. The molecule has 1 aromatic carbocycles. The highest BCUT2D eigenvalue weighted by Crippen LogP contribution is 2.25. The standard InChI is InChI=1S/C12H13NO2S/c1-3-15-11-5-4-9(6-8(11)2)10-7-16-12(14)13-10/h4-7H,3H2,1-2H3,(H,13,14). The van der Waals surface area contributed by atoms with Crippen LogP contribution in [0.2, 0.25) is 0 Å². The average Bonchev–Trinajstić information content (AvgIpc) is 2.68. The van der Waals surface area contributed by atoms with E-state index in [1.54, 1.807) is 0 Å². The van der Waals surface area contributed by atoms with Crippen molar-refractivity contribution in [3.63, 3.8) is 0 Å². The van der Waals surface area contributed by atoms with E-state index < -0.39 is 0 Å². The Morgan fingerprint density at radius 3 is 2.81 bits per heavy atom.